The van der Waals surface area contributed by atoms with Crippen LogP contribution in [0.5, 0.6) is 0 Å². The summed E-state index contributed by atoms with van der Waals surface area (Å²) in [6.45, 7) is 0. The second-order valence-electron chi connectivity index (χ2n) is 3.70. The van der Waals surface area contributed by atoms with Gasteiger partial charge in [-0.15, -0.1) is 0 Å². The zero-order chi connectivity index (χ0) is 10.1. The van der Waals surface area contributed by atoms with Gasteiger partial charge in [-0.3, -0.25) is 0 Å². The Bertz CT molecular complexity index is 336. The third-order valence-electron chi connectivity index (χ3n) is 2.81. The molecule has 1 unspecified atom stereocenters. The minimum absolute atomic E-state index is 0.634. The van der Waals surface area contributed by atoms with E-state index in [1.807, 2.05) is 12.1 Å². The first-order valence-corrected chi connectivity index (χ1v) is 4.84. The minimum atomic E-state index is -2.47. The van der Waals surface area contributed by atoms with Gasteiger partial charge in [-0.05, 0) is 36.0 Å². The summed E-state index contributed by atoms with van der Waals surface area (Å²) < 4.78 is 24.9. The summed E-state index contributed by atoms with van der Waals surface area (Å²) in [6.07, 6.45) is 0.481. The molecule has 0 saturated heterocycles. The summed E-state index contributed by atoms with van der Waals surface area (Å²) in [7, 11) is 0. The lowest BCUT2D eigenvalue weighted by Crippen LogP contribution is -2.20. The van der Waals surface area contributed by atoms with E-state index in [9.17, 15) is 8.78 Å². The van der Waals surface area contributed by atoms with E-state index in [4.69, 9.17) is 5.73 Å². The zero-order valence-corrected chi connectivity index (χ0v) is 7.84. The van der Waals surface area contributed by atoms with Crippen LogP contribution in [0.15, 0.2) is 18.2 Å². The molecule has 0 aromatic heterocycles. The van der Waals surface area contributed by atoms with E-state index < -0.39 is 12.5 Å². The molecule has 1 aromatic rings. The van der Waals surface area contributed by atoms with E-state index >= 15 is 0 Å². The van der Waals surface area contributed by atoms with Crippen molar-refractivity contribution in [1.29, 1.82) is 0 Å². The van der Waals surface area contributed by atoms with Crippen LogP contribution < -0.4 is 5.73 Å². The summed E-state index contributed by atoms with van der Waals surface area (Å²) in [6, 6.07) is 4.43. The van der Waals surface area contributed by atoms with E-state index in [1.54, 1.807) is 6.07 Å². The Morgan fingerprint density at radius 3 is 2.71 bits per heavy atom. The quantitative estimate of drug-likeness (QED) is 0.774. The van der Waals surface area contributed by atoms with Crippen molar-refractivity contribution < 1.29 is 8.78 Å². The van der Waals surface area contributed by atoms with Gasteiger partial charge < -0.3 is 5.73 Å². The van der Waals surface area contributed by atoms with Crippen molar-refractivity contribution in [2.45, 2.75) is 31.7 Å². The summed E-state index contributed by atoms with van der Waals surface area (Å²) in [5, 5.41) is 0. The van der Waals surface area contributed by atoms with Crippen molar-refractivity contribution in [2.75, 3.05) is 0 Å². The topological polar surface area (TPSA) is 26.0 Å². The molecule has 2 N–H and O–H groups in total. The molecule has 0 aliphatic heterocycles. The number of hydrogen-bond acceptors (Lipinski definition) is 1. The van der Waals surface area contributed by atoms with E-state index in [1.165, 1.54) is 5.56 Å². The minimum Gasteiger partial charge on any atom is -0.319 e. The molecule has 1 aliphatic carbocycles. The lowest BCUT2D eigenvalue weighted by atomic mass is 9.98. The highest BCUT2D eigenvalue weighted by atomic mass is 19.3. The smallest absolute Gasteiger partial charge is 0.257 e. The van der Waals surface area contributed by atoms with Crippen LogP contribution in [0.3, 0.4) is 0 Å². The summed E-state index contributed by atoms with van der Waals surface area (Å²) >= 11 is 0. The molecule has 14 heavy (non-hydrogen) atoms. The maximum absolute atomic E-state index is 12.5. The Balaban J connectivity index is 2.39. The molecule has 0 radical (unpaired) electrons. The van der Waals surface area contributed by atoms with Crippen molar-refractivity contribution in [3.63, 3.8) is 0 Å². The molecule has 2 rings (SSSR count). The maximum atomic E-state index is 12.5. The van der Waals surface area contributed by atoms with Crippen LogP contribution in [0.4, 0.5) is 8.78 Å². The van der Waals surface area contributed by atoms with Gasteiger partial charge in [0, 0.05) is 0 Å². The molecule has 1 aromatic carbocycles. The fourth-order valence-corrected chi connectivity index (χ4v) is 2.10. The Morgan fingerprint density at radius 2 is 2.00 bits per heavy atom. The molecule has 0 amide bonds. The fraction of sp³-hybridized carbons (Fsp3) is 0.455. The average Bonchev–Trinajstić information content (AvgIpc) is 2.63. The van der Waals surface area contributed by atoms with Crippen molar-refractivity contribution in [3.05, 3.63) is 34.9 Å². The molecule has 0 bridgehead atoms. The van der Waals surface area contributed by atoms with Gasteiger partial charge in [0.15, 0.2) is 0 Å². The van der Waals surface area contributed by atoms with Crippen LogP contribution >= 0.6 is 0 Å². The van der Waals surface area contributed by atoms with Gasteiger partial charge in [-0.2, -0.15) is 0 Å². The van der Waals surface area contributed by atoms with Crippen LogP contribution in [-0.2, 0) is 12.8 Å². The van der Waals surface area contributed by atoms with Crippen molar-refractivity contribution in [2.24, 2.45) is 5.73 Å². The summed E-state index contributed by atoms with van der Waals surface area (Å²) in [5.74, 6) is 0. The Morgan fingerprint density at radius 1 is 1.21 bits per heavy atom. The first-order chi connectivity index (χ1) is 6.70. The molecule has 1 nitrogen and oxygen atoms in total. The Hall–Kier alpha value is -0.960. The van der Waals surface area contributed by atoms with Crippen LogP contribution in [0.25, 0.3) is 0 Å². The second kappa shape index (κ2) is 3.65. The highest BCUT2D eigenvalue weighted by molar-refractivity contribution is 5.40. The zero-order valence-electron chi connectivity index (χ0n) is 7.84. The number of fused-ring (bicyclic) bond motifs is 1. The number of aryl methyl sites for hydroxylation is 1. The number of hydrogen-bond donors (Lipinski definition) is 1. The van der Waals surface area contributed by atoms with Gasteiger partial charge in [0.2, 0.25) is 0 Å². The van der Waals surface area contributed by atoms with Crippen LogP contribution in [0, 0.1) is 0 Å². The largest absolute Gasteiger partial charge is 0.319 e. The van der Waals surface area contributed by atoms with E-state index in [2.05, 4.69) is 0 Å². The van der Waals surface area contributed by atoms with Crippen LogP contribution in [-0.4, -0.2) is 6.43 Å². The molecule has 1 atom stereocenters. The first kappa shape index (κ1) is 9.59. The third-order valence-corrected chi connectivity index (χ3v) is 2.81. The Labute approximate surface area is 81.9 Å². The van der Waals surface area contributed by atoms with Crippen molar-refractivity contribution >= 4 is 0 Å². The summed E-state index contributed by atoms with van der Waals surface area (Å²) in [5.41, 5.74) is 8.34. The van der Waals surface area contributed by atoms with Gasteiger partial charge >= 0.3 is 0 Å². The van der Waals surface area contributed by atoms with Crippen LogP contribution in [0.2, 0.25) is 0 Å². The molecule has 1 aliphatic rings. The molecule has 3 heteroatoms. The van der Waals surface area contributed by atoms with Gasteiger partial charge in [0.1, 0.15) is 0 Å². The standard InChI is InChI=1S/C11H13F2N/c12-11(13)10(14)9-6-2-4-7-3-1-5-8(7)9/h2,4,6,10-11H,1,3,5,14H2. The van der Waals surface area contributed by atoms with E-state index in [0.717, 1.165) is 24.8 Å². The monoisotopic (exact) mass is 197 g/mol. The van der Waals surface area contributed by atoms with Gasteiger partial charge in [0.05, 0.1) is 6.04 Å². The van der Waals surface area contributed by atoms with Crippen LogP contribution in [0.1, 0.15) is 29.2 Å². The predicted molar refractivity (Wildman–Crippen MR) is 51.4 cm³/mol. The average molecular weight is 197 g/mol. The molecule has 76 valence electrons. The van der Waals surface area contributed by atoms with E-state index in [0.29, 0.717) is 5.56 Å². The molecule has 0 fully saturated rings. The number of halogens is 2. The number of nitrogens with two attached hydrogens (primary N) is 1. The van der Waals surface area contributed by atoms with Crippen molar-refractivity contribution in [3.8, 4) is 0 Å². The normalized spacial score (nSPS) is 17.1. The van der Waals surface area contributed by atoms with Gasteiger partial charge in [-0.25, -0.2) is 8.78 Å². The number of rotatable bonds is 2. The molecule has 0 heterocycles. The Kier molecular flexibility index (Phi) is 2.50. The SMILES string of the molecule is NC(c1cccc2c1CCC2)C(F)F. The second-order valence-corrected chi connectivity index (χ2v) is 3.70. The van der Waals surface area contributed by atoms with Gasteiger partial charge in [0.25, 0.3) is 6.43 Å². The molecular formula is C11H13F2N. The van der Waals surface area contributed by atoms with Gasteiger partial charge in [-0.1, -0.05) is 18.2 Å². The number of benzene rings is 1. The lowest BCUT2D eigenvalue weighted by Gasteiger charge is -2.14. The molecular weight excluding hydrogens is 184 g/mol. The maximum Gasteiger partial charge on any atom is 0.257 e. The first-order valence-electron chi connectivity index (χ1n) is 4.84. The number of alkyl halides is 2. The molecule has 0 saturated carbocycles. The fourth-order valence-electron chi connectivity index (χ4n) is 2.10. The van der Waals surface area contributed by atoms with E-state index in [-0.39, 0.29) is 0 Å². The third kappa shape index (κ3) is 1.52. The molecule has 0 spiro atoms. The predicted octanol–water partition coefficient (Wildman–Crippen LogP) is 2.44. The summed E-state index contributed by atoms with van der Waals surface area (Å²) in [4.78, 5) is 0. The lowest BCUT2D eigenvalue weighted by molar-refractivity contribution is 0.116. The highest BCUT2D eigenvalue weighted by Gasteiger charge is 2.23. The van der Waals surface area contributed by atoms with Crippen molar-refractivity contribution in [1.82, 2.24) is 0 Å². The highest BCUT2D eigenvalue weighted by Crippen LogP contribution is 2.30.